The maximum atomic E-state index is 5.44. The van der Waals surface area contributed by atoms with Gasteiger partial charge in [0, 0.05) is 6.61 Å². The topological polar surface area (TPSA) is 36.9 Å². The van der Waals surface area contributed by atoms with E-state index in [0.717, 1.165) is 13.0 Å². The van der Waals surface area contributed by atoms with Gasteiger partial charge < -0.3 is 18.9 Å². The van der Waals surface area contributed by atoms with Gasteiger partial charge in [-0.3, -0.25) is 0 Å². The minimum atomic E-state index is 0.546. The summed E-state index contributed by atoms with van der Waals surface area (Å²) in [5.41, 5.74) is 0. The van der Waals surface area contributed by atoms with Crippen LogP contribution in [0.15, 0.2) is 12.8 Å². The van der Waals surface area contributed by atoms with Gasteiger partial charge in [0.15, 0.2) is 0 Å². The molecular weight excluding hydrogens is 232 g/mol. The molecule has 0 unspecified atom stereocenters. The van der Waals surface area contributed by atoms with Gasteiger partial charge in [-0.1, -0.05) is 32.8 Å². The molecule has 0 rings (SSSR count). The molecule has 0 saturated heterocycles. The lowest BCUT2D eigenvalue weighted by Crippen LogP contribution is -2.11. The van der Waals surface area contributed by atoms with Crippen molar-refractivity contribution in [2.24, 2.45) is 0 Å². The van der Waals surface area contributed by atoms with Gasteiger partial charge in [0.05, 0.1) is 39.3 Å². The molecule has 0 fully saturated rings. The molecule has 0 heterocycles. The molecule has 0 aliphatic carbocycles. The van der Waals surface area contributed by atoms with Crippen LogP contribution in [0, 0.1) is 0 Å². The Morgan fingerprint density at radius 1 is 0.722 bits per heavy atom. The maximum absolute atomic E-state index is 5.44. The highest BCUT2D eigenvalue weighted by atomic mass is 16.6. The molecule has 0 aromatic carbocycles. The van der Waals surface area contributed by atoms with Crippen molar-refractivity contribution in [3.63, 3.8) is 0 Å². The first-order valence-electron chi connectivity index (χ1n) is 6.87. The summed E-state index contributed by atoms with van der Waals surface area (Å²) in [4.78, 5) is 0. The van der Waals surface area contributed by atoms with Crippen LogP contribution in [0.1, 0.15) is 32.6 Å². The summed E-state index contributed by atoms with van der Waals surface area (Å²) in [6.45, 7) is 10.1. The van der Waals surface area contributed by atoms with E-state index in [1.54, 1.807) is 0 Å². The lowest BCUT2D eigenvalue weighted by Gasteiger charge is -2.06. The van der Waals surface area contributed by atoms with E-state index in [9.17, 15) is 0 Å². The second-order valence-corrected chi connectivity index (χ2v) is 3.94. The monoisotopic (exact) mass is 260 g/mol. The van der Waals surface area contributed by atoms with Crippen LogP contribution in [-0.4, -0.2) is 46.2 Å². The number of ether oxygens (including phenoxy) is 4. The second kappa shape index (κ2) is 16.4. The van der Waals surface area contributed by atoms with Crippen molar-refractivity contribution in [1.82, 2.24) is 0 Å². The highest BCUT2D eigenvalue weighted by molar-refractivity contribution is 4.47. The molecule has 4 heteroatoms. The van der Waals surface area contributed by atoms with Crippen molar-refractivity contribution < 1.29 is 18.9 Å². The second-order valence-electron chi connectivity index (χ2n) is 3.94. The lowest BCUT2D eigenvalue weighted by atomic mass is 10.2. The van der Waals surface area contributed by atoms with E-state index in [1.807, 2.05) is 0 Å². The molecule has 0 atom stereocenters. The highest BCUT2D eigenvalue weighted by Crippen LogP contribution is 1.98. The third-order valence-electron chi connectivity index (χ3n) is 2.35. The minimum absolute atomic E-state index is 0.546. The summed E-state index contributed by atoms with van der Waals surface area (Å²) in [5, 5.41) is 0. The van der Waals surface area contributed by atoms with Crippen molar-refractivity contribution in [2.75, 3.05) is 46.2 Å². The molecule has 18 heavy (non-hydrogen) atoms. The molecule has 0 saturated carbocycles. The molecule has 0 N–H and O–H groups in total. The van der Waals surface area contributed by atoms with E-state index in [2.05, 4.69) is 13.5 Å². The molecule has 0 aliphatic heterocycles. The normalized spacial score (nSPS) is 10.5. The molecule has 108 valence electrons. The van der Waals surface area contributed by atoms with Crippen molar-refractivity contribution >= 4 is 0 Å². The van der Waals surface area contributed by atoms with Crippen molar-refractivity contribution in [1.29, 1.82) is 0 Å². The standard InChI is InChI=1S/C14H28O4/c1-3-5-6-7-8-16-11-12-18-14-13-17-10-9-15-4-2/h4H,2-3,5-14H2,1H3. The van der Waals surface area contributed by atoms with Crippen LogP contribution in [0.4, 0.5) is 0 Å². The quantitative estimate of drug-likeness (QED) is 0.335. The minimum Gasteiger partial charge on any atom is -0.499 e. The van der Waals surface area contributed by atoms with E-state index >= 15 is 0 Å². The SMILES string of the molecule is C=COCCOCCOCCOCCCCCC. The third kappa shape index (κ3) is 15.4. The Morgan fingerprint density at radius 3 is 1.83 bits per heavy atom. The number of hydrogen-bond donors (Lipinski definition) is 0. The van der Waals surface area contributed by atoms with Crippen molar-refractivity contribution in [3.8, 4) is 0 Å². The number of unbranched alkanes of at least 4 members (excludes halogenated alkanes) is 3. The van der Waals surface area contributed by atoms with Crippen LogP contribution in [-0.2, 0) is 18.9 Å². The predicted octanol–water partition coefficient (Wildman–Crippen LogP) is 2.78. The van der Waals surface area contributed by atoms with Gasteiger partial charge in [0.2, 0.25) is 0 Å². The average molecular weight is 260 g/mol. The van der Waals surface area contributed by atoms with Crippen LogP contribution in [0.2, 0.25) is 0 Å². The summed E-state index contributed by atoms with van der Waals surface area (Å²) in [7, 11) is 0. The fourth-order valence-electron chi connectivity index (χ4n) is 1.36. The average Bonchev–Trinajstić information content (AvgIpc) is 2.39. The third-order valence-corrected chi connectivity index (χ3v) is 2.35. The van der Waals surface area contributed by atoms with Gasteiger partial charge in [0.25, 0.3) is 0 Å². The van der Waals surface area contributed by atoms with Crippen LogP contribution in [0.5, 0.6) is 0 Å². The van der Waals surface area contributed by atoms with E-state index < -0.39 is 0 Å². The fourth-order valence-corrected chi connectivity index (χ4v) is 1.36. The lowest BCUT2D eigenvalue weighted by molar-refractivity contribution is 0.00609. The Bertz CT molecular complexity index is 162. The summed E-state index contributed by atoms with van der Waals surface area (Å²) in [5.74, 6) is 0. The van der Waals surface area contributed by atoms with Crippen LogP contribution in [0.25, 0.3) is 0 Å². The smallest absolute Gasteiger partial charge is 0.111 e. The zero-order valence-electron chi connectivity index (χ0n) is 11.7. The summed E-state index contributed by atoms with van der Waals surface area (Å²) in [6.07, 6.45) is 6.39. The molecule has 0 aromatic rings. The summed E-state index contributed by atoms with van der Waals surface area (Å²) in [6, 6.07) is 0. The Morgan fingerprint density at radius 2 is 1.28 bits per heavy atom. The molecule has 0 aliphatic rings. The summed E-state index contributed by atoms with van der Waals surface area (Å²) < 4.78 is 21.0. The van der Waals surface area contributed by atoms with E-state index in [0.29, 0.717) is 39.6 Å². The van der Waals surface area contributed by atoms with Gasteiger partial charge >= 0.3 is 0 Å². The maximum Gasteiger partial charge on any atom is 0.111 e. The van der Waals surface area contributed by atoms with Gasteiger partial charge in [-0.25, -0.2) is 0 Å². The summed E-state index contributed by atoms with van der Waals surface area (Å²) >= 11 is 0. The first-order valence-corrected chi connectivity index (χ1v) is 6.87. The van der Waals surface area contributed by atoms with Crippen molar-refractivity contribution in [2.45, 2.75) is 32.6 Å². The number of rotatable bonds is 15. The Balaban J connectivity index is 2.88. The first-order chi connectivity index (χ1) is 8.91. The van der Waals surface area contributed by atoms with Crippen LogP contribution >= 0.6 is 0 Å². The zero-order valence-corrected chi connectivity index (χ0v) is 11.7. The zero-order chi connectivity index (χ0) is 13.3. The van der Waals surface area contributed by atoms with Crippen LogP contribution < -0.4 is 0 Å². The highest BCUT2D eigenvalue weighted by Gasteiger charge is 1.92. The molecule has 0 amide bonds. The number of hydrogen-bond acceptors (Lipinski definition) is 4. The van der Waals surface area contributed by atoms with E-state index in [1.165, 1.54) is 25.5 Å². The van der Waals surface area contributed by atoms with E-state index in [-0.39, 0.29) is 0 Å². The van der Waals surface area contributed by atoms with Gasteiger partial charge in [-0.05, 0) is 6.42 Å². The van der Waals surface area contributed by atoms with E-state index in [4.69, 9.17) is 18.9 Å². The fraction of sp³-hybridized carbons (Fsp3) is 0.857. The Kier molecular flexibility index (Phi) is 15.9. The predicted molar refractivity (Wildman–Crippen MR) is 72.7 cm³/mol. The van der Waals surface area contributed by atoms with Gasteiger partial charge in [0.1, 0.15) is 6.61 Å². The molecule has 4 nitrogen and oxygen atoms in total. The van der Waals surface area contributed by atoms with Gasteiger partial charge in [-0.15, -0.1) is 0 Å². The molecule has 0 aromatic heterocycles. The largest absolute Gasteiger partial charge is 0.499 e. The van der Waals surface area contributed by atoms with Crippen molar-refractivity contribution in [3.05, 3.63) is 12.8 Å². The first kappa shape index (κ1) is 17.4. The molecular formula is C14H28O4. The Labute approximate surface area is 111 Å². The Hall–Kier alpha value is -0.580. The molecule has 0 bridgehead atoms. The van der Waals surface area contributed by atoms with Crippen LogP contribution in [0.3, 0.4) is 0 Å². The molecule has 0 spiro atoms. The molecule has 0 radical (unpaired) electrons. The van der Waals surface area contributed by atoms with Gasteiger partial charge in [-0.2, -0.15) is 0 Å².